The summed E-state index contributed by atoms with van der Waals surface area (Å²) in [6.07, 6.45) is 0. The molecule has 9 rings (SSSR count). The van der Waals surface area contributed by atoms with E-state index in [0.717, 1.165) is 6.92 Å². The van der Waals surface area contributed by atoms with Crippen molar-refractivity contribution in [3.8, 4) is 33.4 Å². The highest BCUT2D eigenvalue weighted by Crippen LogP contribution is 2.48. The molecule has 53 heavy (non-hydrogen) atoms. The van der Waals surface area contributed by atoms with Crippen molar-refractivity contribution in [2.75, 3.05) is 0 Å². The third-order valence-electron chi connectivity index (χ3n) is 9.51. The van der Waals surface area contributed by atoms with Crippen LogP contribution < -0.4 is 5.11 Å². The predicted molar refractivity (Wildman–Crippen MR) is 221 cm³/mol. The Bertz CT molecular complexity index is 2560. The van der Waals surface area contributed by atoms with Crippen LogP contribution in [0.25, 0.3) is 65.7 Å². The fraction of sp³-hybridized carbons (Fsp3) is 0.0200. The Morgan fingerprint density at radius 2 is 0.717 bits per heavy atom. The zero-order valence-corrected chi connectivity index (χ0v) is 30.1. The number of fused-ring (bicyclic) bond motifs is 3. The highest BCUT2D eigenvalue weighted by Gasteiger charge is 2.36. The first kappa shape index (κ1) is 33.7. The van der Waals surface area contributed by atoms with Gasteiger partial charge in [-0.15, -0.1) is 0 Å². The monoisotopic (exact) mass is 700 g/mol. The Labute approximate surface area is 313 Å². The van der Waals surface area contributed by atoms with Crippen LogP contribution in [0, 0.1) is 0 Å². The quantitative estimate of drug-likeness (QED) is 0.162. The molecule has 2 nitrogen and oxygen atoms in total. The molecule has 9 aromatic carbocycles. The van der Waals surface area contributed by atoms with Gasteiger partial charge < -0.3 is 9.90 Å². The largest absolute Gasteiger partial charge is 0.550 e. The molecule has 0 aliphatic rings. The van der Waals surface area contributed by atoms with Gasteiger partial charge in [-0.3, -0.25) is 0 Å². The maximum Gasteiger partial charge on any atom is 0.182 e. The molecule has 0 heterocycles. The molecule has 0 atom stereocenters. The number of carbonyl (C=O) groups excluding carboxylic acids is 1. The minimum atomic E-state index is -1.08. The lowest BCUT2D eigenvalue weighted by Gasteiger charge is -2.21. The van der Waals surface area contributed by atoms with Gasteiger partial charge in [-0.1, -0.05) is 164 Å². The molecule has 254 valence electrons. The van der Waals surface area contributed by atoms with Gasteiger partial charge in [0, 0.05) is 17.1 Å². The van der Waals surface area contributed by atoms with Crippen molar-refractivity contribution in [2.24, 2.45) is 0 Å². The van der Waals surface area contributed by atoms with Crippen LogP contribution in [0.3, 0.4) is 0 Å². The van der Waals surface area contributed by atoms with Crippen molar-refractivity contribution in [3.05, 3.63) is 200 Å². The van der Waals surface area contributed by atoms with Crippen LogP contribution in [0.4, 0.5) is 0 Å². The molecule has 0 fully saturated rings. The van der Waals surface area contributed by atoms with E-state index in [2.05, 4.69) is 200 Å². The average molecular weight is 701 g/mol. The van der Waals surface area contributed by atoms with E-state index in [9.17, 15) is 0 Å². The van der Waals surface area contributed by atoms with Gasteiger partial charge in [0.2, 0.25) is 0 Å². The van der Waals surface area contributed by atoms with Crippen LogP contribution in [-0.2, 0) is 15.7 Å². The van der Waals surface area contributed by atoms with Crippen LogP contribution >= 0.6 is 0 Å². The average Bonchev–Trinajstić information content (AvgIpc) is 3.21. The normalized spacial score (nSPS) is 11.1. The second-order valence-corrected chi connectivity index (χ2v) is 14.9. The topological polar surface area (TPSA) is 40.1 Å². The molecule has 0 bridgehead atoms. The maximum atomic E-state index is 8.89. The smallest absolute Gasteiger partial charge is 0.182 e. The lowest BCUT2D eigenvalue weighted by molar-refractivity contribution is -0.302. The molecule has 9 aromatic rings. The summed E-state index contributed by atoms with van der Waals surface area (Å²) in [6.45, 7) is 0.972. The van der Waals surface area contributed by atoms with E-state index in [4.69, 9.17) is 9.90 Å². The molecular formula is C50H36O2S. The van der Waals surface area contributed by atoms with Gasteiger partial charge in [0.25, 0.3) is 0 Å². The fourth-order valence-electron chi connectivity index (χ4n) is 7.29. The molecule has 0 amide bonds. The molecule has 0 aromatic heterocycles. The molecule has 0 radical (unpaired) electrons. The minimum absolute atomic E-state index is 0.416. The van der Waals surface area contributed by atoms with E-state index < -0.39 is 16.9 Å². The molecule has 0 spiro atoms. The number of benzene rings is 9. The predicted octanol–water partition coefficient (Wildman–Crippen LogP) is 12.0. The van der Waals surface area contributed by atoms with Gasteiger partial charge in [-0.05, 0) is 97.9 Å². The van der Waals surface area contributed by atoms with Gasteiger partial charge >= 0.3 is 0 Å². The van der Waals surface area contributed by atoms with Crippen LogP contribution in [-0.4, -0.2) is 5.97 Å². The summed E-state index contributed by atoms with van der Waals surface area (Å²) in [5.41, 5.74) is 7.49. The highest BCUT2D eigenvalue weighted by atomic mass is 32.2. The molecule has 3 heteroatoms. The lowest BCUT2D eigenvalue weighted by atomic mass is 9.88. The summed E-state index contributed by atoms with van der Waals surface area (Å²) in [6, 6.07) is 73.7. The van der Waals surface area contributed by atoms with Gasteiger partial charge in [0.05, 0.1) is 0 Å². The fourth-order valence-corrected chi connectivity index (χ4v) is 9.67. The van der Waals surface area contributed by atoms with Crippen molar-refractivity contribution < 1.29 is 9.90 Å². The maximum absolute atomic E-state index is 8.89. The number of carbonyl (C=O) groups is 1. The first-order chi connectivity index (χ1) is 26.1. The Morgan fingerprint density at radius 3 is 1.13 bits per heavy atom. The highest BCUT2D eigenvalue weighted by molar-refractivity contribution is 7.97. The molecule has 0 N–H and O–H groups in total. The van der Waals surface area contributed by atoms with E-state index >= 15 is 0 Å². The first-order valence-electron chi connectivity index (χ1n) is 17.7. The van der Waals surface area contributed by atoms with Crippen molar-refractivity contribution in [1.82, 2.24) is 0 Å². The summed E-state index contributed by atoms with van der Waals surface area (Å²) >= 11 is 0. The van der Waals surface area contributed by atoms with Crippen molar-refractivity contribution in [3.63, 3.8) is 0 Å². The Morgan fingerprint density at radius 1 is 0.396 bits per heavy atom. The Kier molecular flexibility index (Phi) is 9.57. The lowest BCUT2D eigenvalue weighted by Crippen LogP contribution is -2.16. The molecule has 0 saturated heterocycles. The number of carboxylic acids is 1. The van der Waals surface area contributed by atoms with E-state index in [1.54, 1.807) is 0 Å². The van der Waals surface area contributed by atoms with E-state index in [1.165, 1.54) is 80.4 Å². The van der Waals surface area contributed by atoms with Crippen molar-refractivity contribution in [1.29, 1.82) is 0 Å². The number of rotatable bonds is 6. The molecule has 0 saturated carbocycles. The second kappa shape index (κ2) is 15.1. The summed E-state index contributed by atoms with van der Waals surface area (Å²) in [5.74, 6) is -1.08. The van der Waals surface area contributed by atoms with Crippen molar-refractivity contribution >= 4 is 49.2 Å². The molecular weight excluding hydrogens is 665 g/mol. The third-order valence-corrected chi connectivity index (χ3v) is 11.8. The Hall–Kier alpha value is -6.42. The van der Waals surface area contributed by atoms with Gasteiger partial charge in [0.1, 0.15) is 10.9 Å². The number of aliphatic carboxylic acids is 1. The van der Waals surface area contributed by atoms with E-state index in [0.29, 0.717) is 0 Å². The zero-order chi connectivity index (χ0) is 36.1. The van der Waals surface area contributed by atoms with Gasteiger partial charge in [0.15, 0.2) is 14.7 Å². The minimum Gasteiger partial charge on any atom is -0.550 e. The van der Waals surface area contributed by atoms with Crippen LogP contribution in [0.1, 0.15) is 6.92 Å². The summed E-state index contributed by atoms with van der Waals surface area (Å²) in [4.78, 5) is 12.8. The SMILES string of the molecule is CC(=O)[O-].c1ccc([S+](c2ccccc2)c2c(-c3cccc4ccccc34)cc(-c3cccc4ccccc34)cc2-c2cccc3ccccc23)cc1. The van der Waals surface area contributed by atoms with Crippen LogP contribution in [0.15, 0.2) is 215 Å². The third kappa shape index (κ3) is 6.83. The molecule has 0 unspecified atom stereocenters. The van der Waals surface area contributed by atoms with Gasteiger partial charge in [-0.2, -0.15) is 0 Å². The van der Waals surface area contributed by atoms with Crippen LogP contribution in [0.2, 0.25) is 0 Å². The number of carboxylic acid groups (broad SMARTS) is 1. The van der Waals surface area contributed by atoms with E-state index in [-0.39, 0.29) is 0 Å². The standard InChI is InChI=1S/C48H33S.C2H4O2/c1-3-22-38(23-4-1)49(39-24-5-2-6-25-39)48-46(44-30-14-20-35-17-8-11-27-41(35)44)32-37(43-29-13-19-34-16-7-10-26-40(34)43)33-47(48)45-31-15-21-36-18-9-12-28-42(36)45;1-2(3)4/h1-33H;1H3,(H,3,4)/q+1;/p-1. The number of hydrogen-bond donors (Lipinski definition) is 0. The summed E-state index contributed by atoms with van der Waals surface area (Å²) in [5, 5.41) is 16.4. The van der Waals surface area contributed by atoms with Gasteiger partial charge in [-0.25, -0.2) is 0 Å². The zero-order valence-electron chi connectivity index (χ0n) is 29.3. The molecule has 0 aliphatic carbocycles. The summed E-state index contributed by atoms with van der Waals surface area (Å²) in [7, 11) is -0.416. The first-order valence-corrected chi connectivity index (χ1v) is 18.9. The molecule has 0 aliphatic heterocycles. The number of hydrogen-bond acceptors (Lipinski definition) is 2. The van der Waals surface area contributed by atoms with Crippen LogP contribution in [0.5, 0.6) is 0 Å². The Balaban J connectivity index is 0.000000954. The second-order valence-electron chi connectivity index (χ2n) is 12.9. The summed E-state index contributed by atoms with van der Waals surface area (Å²) < 4.78 is 0. The van der Waals surface area contributed by atoms with E-state index in [1.807, 2.05) is 0 Å². The van der Waals surface area contributed by atoms with Crippen molar-refractivity contribution in [2.45, 2.75) is 21.6 Å².